The Morgan fingerprint density at radius 1 is 1.32 bits per heavy atom. The summed E-state index contributed by atoms with van der Waals surface area (Å²) in [6.45, 7) is 7.99. The number of carbonyl (C=O) groups excluding carboxylic acids is 1. The highest BCUT2D eigenvalue weighted by Gasteiger charge is 2.60. The van der Waals surface area contributed by atoms with Gasteiger partial charge in [-0.25, -0.2) is 4.79 Å². The van der Waals surface area contributed by atoms with Crippen molar-refractivity contribution < 1.29 is 19.8 Å². The van der Waals surface area contributed by atoms with E-state index < -0.39 is 18.0 Å². The van der Waals surface area contributed by atoms with Crippen molar-refractivity contribution in [1.82, 2.24) is 15.1 Å². The molecule has 0 aromatic rings. The first-order valence-electron chi connectivity index (χ1n) is 10.5. The Bertz CT molecular complexity index is 668. The van der Waals surface area contributed by atoms with Gasteiger partial charge in [-0.2, -0.15) is 0 Å². The monoisotopic (exact) mass is 409 g/mol. The maximum Gasteiger partial charge on any atom is 0.353 e. The fourth-order valence-corrected chi connectivity index (χ4v) is 6.72. The van der Waals surface area contributed by atoms with E-state index in [9.17, 15) is 19.8 Å². The van der Waals surface area contributed by atoms with Crippen LogP contribution in [0.3, 0.4) is 0 Å². The van der Waals surface area contributed by atoms with Crippen LogP contribution < -0.4 is 5.32 Å². The Morgan fingerprint density at radius 2 is 2.04 bits per heavy atom. The number of carboxylic acid groups (broad SMARTS) is 1. The molecule has 8 heteroatoms. The summed E-state index contributed by atoms with van der Waals surface area (Å²) in [7, 11) is 0. The zero-order valence-electron chi connectivity index (χ0n) is 16.6. The lowest BCUT2D eigenvalue weighted by Crippen LogP contribution is -2.63. The molecule has 0 spiro atoms. The average molecular weight is 410 g/mol. The first-order valence-corrected chi connectivity index (χ1v) is 11.4. The molecule has 4 aliphatic rings. The molecule has 0 aromatic carbocycles. The van der Waals surface area contributed by atoms with Crippen molar-refractivity contribution in [1.29, 1.82) is 0 Å². The number of amides is 1. The van der Waals surface area contributed by atoms with Crippen molar-refractivity contribution in [3.63, 3.8) is 0 Å². The quantitative estimate of drug-likeness (QED) is 0.566. The number of rotatable bonds is 6. The van der Waals surface area contributed by atoms with Gasteiger partial charge in [0.05, 0.1) is 18.1 Å². The third-order valence-corrected chi connectivity index (χ3v) is 8.31. The van der Waals surface area contributed by atoms with Crippen molar-refractivity contribution in [3.8, 4) is 0 Å². The molecule has 4 heterocycles. The van der Waals surface area contributed by atoms with Crippen molar-refractivity contribution >= 4 is 23.6 Å². The third kappa shape index (κ3) is 3.49. The zero-order valence-corrected chi connectivity index (χ0v) is 17.5. The van der Waals surface area contributed by atoms with E-state index in [0.717, 1.165) is 30.8 Å². The number of aliphatic hydroxyl groups excluding tert-OH is 1. The number of nitrogens with zero attached hydrogens (tertiary/aromatic N) is 2. The van der Waals surface area contributed by atoms with E-state index >= 15 is 0 Å². The van der Waals surface area contributed by atoms with Gasteiger partial charge in [-0.15, -0.1) is 11.8 Å². The molecule has 28 heavy (non-hydrogen) atoms. The Hall–Kier alpha value is -1.09. The van der Waals surface area contributed by atoms with Crippen LogP contribution in [0.25, 0.3) is 0 Å². The summed E-state index contributed by atoms with van der Waals surface area (Å²) >= 11 is 1.63. The van der Waals surface area contributed by atoms with Crippen LogP contribution in [-0.2, 0) is 9.59 Å². The molecule has 3 unspecified atom stereocenters. The van der Waals surface area contributed by atoms with E-state index in [1.165, 1.54) is 30.8 Å². The summed E-state index contributed by atoms with van der Waals surface area (Å²) in [5.74, 6) is -1.83. The standard InChI is InChI=1S/C20H31N3O4S/c1-11-16-15(12(2)24)19(25)23(16)17(20(26)27)18(11)28-14-6-5-13(21-9-14)10-22-7-3-4-8-22/h11-16,21,24H,3-10H2,1-2H3,(H,26,27)/t11-,12?,13?,14?,15-,16-/m1/s1. The Labute approximate surface area is 170 Å². The van der Waals surface area contributed by atoms with Crippen LogP contribution in [0, 0.1) is 11.8 Å². The van der Waals surface area contributed by atoms with Gasteiger partial charge in [-0.3, -0.25) is 4.79 Å². The number of piperidine rings is 1. The third-order valence-electron chi connectivity index (χ3n) is 6.75. The number of thioether (sulfide) groups is 1. The van der Waals surface area contributed by atoms with Gasteiger partial charge in [0.2, 0.25) is 5.91 Å². The highest BCUT2D eigenvalue weighted by Crippen LogP contribution is 2.51. The summed E-state index contributed by atoms with van der Waals surface area (Å²) in [6.07, 6.45) is 4.01. The fourth-order valence-electron chi connectivity index (χ4n) is 5.28. The summed E-state index contributed by atoms with van der Waals surface area (Å²) in [5.41, 5.74) is 0.142. The van der Waals surface area contributed by atoms with Crippen molar-refractivity contribution in [2.45, 2.75) is 63.0 Å². The number of aliphatic carboxylic acids is 1. The van der Waals surface area contributed by atoms with Crippen LogP contribution in [-0.4, -0.2) is 81.5 Å². The number of β-lactam (4-membered cyclic amide) rings is 1. The van der Waals surface area contributed by atoms with E-state index in [1.807, 2.05) is 6.92 Å². The first-order chi connectivity index (χ1) is 13.4. The largest absolute Gasteiger partial charge is 0.477 e. The number of likely N-dealkylation sites (tertiary alicyclic amines) is 1. The van der Waals surface area contributed by atoms with Crippen LogP contribution in [0.2, 0.25) is 0 Å². The lowest BCUT2D eigenvalue weighted by molar-refractivity contribution is -0.163. The minimum atomic E-state index is -1.04. The molecule has 0 bridgehead atoms. The summed E-state index contributed by atoms with van der Waals surface area (Å²) < 4.78 is 0. The van der Waals surface area contributed by atoms with Crippen LogP contribution in [0.5, 0.6) is 0 Å². The second kappa shape index (κ2) is 7.97. The van der Waals surface area contributed by atoms with E-state index in [2.05, 4.69) is 10.2 Å². The normalized spacial score (nSPS) is 37.2. The number of carbonyl (C=O) groups is 2. The number of hydrogen-bond donors (Lipinski definition) is 3. The fraction of sp³-hybridized carbons (Fsp3) is 0.800. The number of aliphatic hydroxyl groups is 1. The first kappa shape index (κ1) is 20.2. The van der Waals surface area contributed by atoms with Gasteiger partial charge in [-0.05, 0) is 45.7 Å². The molecule has 1 amide bonds. The molecule has 3 fully saturated rings. The maximum absolute atomic E-state index is 12.4. The van der Waals surface area contributed by atoms with E-state index in [4.69, 9.17) is 0 Å². The Kier molecular flexibility index (Phi) is 5.75. The van der Waals surface area contributed by atoms with Gasteiger partial charge in [0.1, 0.15) is 5.70 Å². The van der Waals surface area contributed by atoms with Gasteiger partial charge in [0.15, 0.2) is 0 Å². The molecule has 6 atom stereocenters. The lowest BCUT2D eigenvalue weighted by Gasteiger charge is -2.46. The molecular formula is C20H31N3O4S. The minimum absolute atomic E-state index is 0.0456. The summed E-state index contributed by atoms with van der Waals surface area (Å²) in [5, 5.41) is 23.7. The Morgan fingerprint density at radius 3 is 2.61 bits per heavy atom. The van der Waals surface area contributed by atoms with E-state index in [-0.39, 0.29) is 23.6 Å². The smallest absolute Gasteiger partial charge is 0.353 e. The molecule has 7 nitrogen and oxygen atoms in total. The van der Waals surface area contributed by atoms with Gasteiger partial charge < -0.3 is 25.3 Å². The molecule has 0 aromatic heterocycles. The van der Waals surface area contributed by atoms with Gasteiger partial charge in [0.25, 0.3) is 0 Å². The number of hydrogen-bond acceptors (Lipinski definition) is 6. The van der Waals surface area contributed by atoms with Crippen LogP contribution in [0.15, 0.2) is 10.6 Å². The number of carboxylic acids is 1. The van der Waals surface area contributed by atoms with Gasteiger partial charge >= 0.3 is 5.97 Å². The summed E-state index contributed by atoms with van der Waals surface area (Å²) in [4.78, 5) is 29.1. The van der Waals surface area contributed by atoms with Crippen molar-refractivity contribution in [2.24, 2.45) is 11.8 Å². The van der Waals surface area contributed by atoms with E-state index in [0.29, 0.717) is 11.3 Å². The molecule has 0 saturated carbocycles. The molecule has 0 radical (unpaired) electrons. The average Bonchev–Trinajstić information content (AvgIpc) is 3.22. The van der Waals surface area contributed by atoms with Gasteiger partial charge in [0, 0.05) is 35.2 Å². The molecule has 3 N–H and O–H groups in total. The highest BCUT2D eigenvalue weighted by molar-refractivity contribution is 8.03. The predicted molar refractivity (Wildman–Crippen MR) is 108 cm³/mol. The molecule has 3 saturated heterocycles. The molecule has 156 valence electrons. The second-order valence-corrected chi connectivity index (χ2v) is 10.0. The lowest BCUT2D eigenvalue weighted by atomic mass is 9.79. The molecule has 4 aliphatic heterocycles. The minimum Gasteiger partial charge on any atom is -0.477 e. The van der Waals surface area contributed by atoms with Crippen LogP contribution in [0.1, 0.15) is 39.5 Å². The van der Waals surface area contributed by atoms with E-state index in [1.54, 1.807) is 18.7 Å². The SMILES string of the molecule is CC(O)[C@H]1C(=O)N2C(C(=O)O)=C(SC3CCC(CN4CCCC4)NC3)[C@H](C)[C@H]12. The molecule has 4 rings (SSSR count). The number of nitrogens with one attached hydrogen (secondary N) is 1. The molecule has 0 aliphatic carbocycles. The van der Waals surface area contributed by atoms with Crippen molar-refractivity contribution in [3.05, 3.63) is 10.6 Å². The second-order valence-electron chi connectivity index (χ2n) is 8.70. The molecular weight excluding hydrogens is 378 g/mol. The summed E-state index contributed by atoms with van der Waals surface area (Å²) in [6, 6.07) is 0.297. The van der Waals surface area contributed by atoms with Crippen LogP contribution >= 0.6 is 11.8 Å². The zero-order chi connectivity index (χ0) is 20.0. The van der Waals surface area contributed by atoms with Crippen LogP contribution in [0.4, 0.5) is 0 Å². The van der Waals surface area contributed by atoms with Crippen molar-refractivity contribution in [2.75, 3.05) is 26.2 Å². The van der Waals surface area contributed by atoms with Gasteiger partial charge in [-0.1, -0.05) is 6.92 Å². The highest BCUT2D eigenvalue weighted by atomic mass is 32.2. The maximum atomic E-state index is 12.4. The Balaban J connectivity index is 1.40. The predicted octanol–water partition coefficient (Wildman–Crippen LogP) is 1.09. The number of fused-ring (bicyclic) bond motifs is 1. The topological polar surface area (TPSA) is 93.1 Å².